The maximum atomic E-state index is 15.3. The van der Waals surface area contributed by atoms with Gasteiger partial charge >= 0.3 is 5.97 Å². The lowest BCUT2D eigenvalue weighted by molar-refractivity contribution is -0.172. The van der Waals surface area contributed by atoms with Crippen molar-refractivity contribution in [2.75, 3.05) is 19.6 Å². The van der Waals surface area contributed by atoms with E-state index < -0.39 is 46.7 Å². The number of esters is 1. The first-order valence-corrected chi connectivity index (χ1v) is 20.2. The van der Waals surface area contributed by atoms with Crippen LogP contribution < -0.4 is 27.2 Å². The smallest absolute Gasteiger partial charge is 0.343 e. The summed E-state index contributed by atoms with van der Waals surface area (Å²) in [4.78, 5) is 95.2. The Morgan fingerprint density at radius 1 is 1.02 bits per heavy atom. The van der Waals surface area contributed by atoms with E-state index in [1.807, 2.05) is 30.3 Å². The van der Waals surface area contributed by atoms with E-state index in [0.29, 0.717) is 46.3 Å². The number of aromatic nitrogens is 2. The highest BCUT2D eigenvalue weighted by Gasteiger charge is 2.46. The van der Waals surface area contributed by atoms with Crippen molar-refractivity contribution >= 4 is 46.2 Å². The second-order valence-electron chi connectivity index (χ2n) is 15.7. The molecule has 1 aliphatic carbocycles. The molecule has 15 nitrogen and oxygen atoms in total. The largest absolute Gasteiger partial charge is 0.458 e. The molecule has 3 atom stereocenters. The topological polar surface area (TPSA) is 229 Å². The monoisotopic (exact) mass is 822 g/mol. The molecule has 2 aliphatic heterocycles. The van der Waals surface area contributed by atoms with Gasteiger partial charge in [0, 0.05) is 47.8 Å². The number of ketones is 2. The third kappa shape index (κ3) is 8.08. The number of benzene rings is 2. The molecule has 6 N–H and O–H groups in total. The SMILES string of the molecule is CC[C@@]1(O)C(=O)OCc2c1cc1n(c2=O)Cc2c-1nc1cc(F)c(C)c3c1c2[C@@H](NC(=O)CCCC(=O)CNC(=O)[C@@H](CC(=O)CNC(=O)CN)Cc1ccccc1)CC3. The van der Waals surface area contributed by atoms with Crippen molar-refractivity contribution in [3.05, 3.63) is 97.6 Å². The maximum Gasteiger partial charge on any atom is 0.343 e. The lowest BCUT2D eigenvalue weighted by Crippen LogP contribution is -2.44. The third-order valence-corrected chi connectivity index (χ3v) is 11.9. The first kappa shape index (κ1) is 42.0. The fraction of sp³-hybridized carbons (Fsp3) is 0.409. The van der Waals surface area contributed by atoms with Crippen molar-refractivity contribution < 1.29 is 43.0 Å². The van der Waals surface area contributed by atoms with Gasteiger partial charge in [0.15, 0.2) is 17.2 Å². The van der Waals surface area contributed by atoms with Crippen LogP contribution in [0.15, 0.2) is 47.3 Å². The van der Waals surface area contributed by atoms with Crippen LogP contribution in [0, 0.1) is 18.7 Å². The highest BCUT2D eigenvalue weighted by Crippen LogP contribution is 2.46. The molecule has 7 rings (SSSR count). The van der Waals surface area contributed by atoms with Crippen molar-refractivity contribution in [3.8, 4) is 11.4 Å². The van der Waals surface area contributed by atoms with Gasteiger partial charge in [0.25, 0.3) is 5.56 Å². The van der Waals surface area contributed by atoms with E-state index in [-0.39, 0.29) is 99.9 Å². The zero-order valence-corrected chi connectivity index (χ0v) is 33.5. The minimum Gasteiger partial charge on any atom is -0.458 e. The highest BCUT2D eigenvalue weighted by molar-refractivity contribution is 5.95. The number of carbonyl (C=O) groups excluding carboxylic acids is 6. The van der Waals surface area contributed by atoms with E-state index in [4.69, 9.17) is 15.5 Å². The lowest BCUT2D eigenvalue weighted by Gasteiger charge is -2.31. The molecule has 3 aliphatic rings. The van der Waals surface area contributed by atoms with Crippen LogP contribution in [0.4, 0.5) is 4.39 Å². The van der Waals surface area contributed by atoms with Crippen molar-refractivity contribution in [1.29, 1.82) is 0 Å². The molecule has 0 radical (unpaired) electrons. The van der Waals surface area contributed by atoms with Crippen LogP contribution in [0.1, 0.15) is 90.4 Å². The van der Waals surface area contributed by atoms with Crippen LogP contribution in [0.25, 0.3) is 22.3 Å². The van der Waals surface area contributed by atoms with E-state index in [0.717, 1.165) is 16.7 Å². The molecule has 4 heterocycles. The van der Waals surface area contributed by atoms with Gasteiger partial charge in [0.2, 0.25) is 17.7 Å². The number of amides is 3. The van der Waals surface area contributed by atoms with Gasteiger partial charge in [-0.2, -0.15) is 0 Å². The minimum atomic E-state index is -2.02. The van der Waals surface area contributed by atoms with Crippen molar-refractivity contribution in [1.82, 2.24) is 25.5 Å². The first-order chi connectivity index (χ1) is 28.7. The summed E-state index contributed by atoms with van der Waals surface area (Å²) in [5.41, 5.74) is 7.73. The van der Waals surface area contributed by atoms with Gasteiger partial charge in [-0.1, -0.05) is 37.3 Å². The third-order valence-electron chi connectivity index (χ3n) is 11.9. The molecule has 0 saturated heterocycles. The molecule has 4 aromatic rings. The number of pyridine rings is 2. The fourth-order valence-electron chi connectivity index (χ4n) is 8.60. The van der Waals surface area contributed by atoms with E-state index in [1.165, 1.54) is 10.6 Å². The van der Waals surface area contributed by atoms with E-state index in [9.17, 15) is 38.7 Å². The molecule has 16 heteroatoms. The number of rotatable bonds is 16. The molecular weight excluding hydrogens is 776 g/mol. The summed E-state index contributed by atoms with van der Waals surface area (Å²) in [7, 11) is 0. The van der Waals surface area contributed by atoms with Crippen LogP contribution in [0.2, 0.25) is 0 Å². The number of hydrogen-bond donors (Lipinski definition) is 5. The summed E-state index contributed by atoms with van der Waals surface area (Å²) in [6.45, 7) is 2.29. The van der Waals surface area contributed by atoms with E-state index in [2.05, 4.69) is 16.0 Å². The number of aliphatic hydroxyl groups is 1. The Morgan fingerprint density at radius 2 is 1.77 bits per heavy atom. The molecule has 0 unspecified atom stereocenters. The number of carbonyl (C=O) groups is 6. The van der Waals surface area contributed by atoms with Gasteiger partial charge in [0.05, 0.1) is 54.7 Å². The number of ether oxygens (including phenoxy) is 1. The normalized spacial score (nSPS) is 17.8. The molecular formula is C44H47FN6O9. The zero-order chi connectivity index (χ0) is 42.9. The van der Waals surface area contributed by atoms with Crippen LogP contribution in [-0.4, -0.2) is 69.5 Å². The number of cyclic esters (lactones) is 1. The van der Waals surface area contributed by atoms with Gasteiger partial charge in [-0.25, -0.2) is 14.2 Å². The van der Waals surface area contributed by atoms with Gasteiger partial charge in [-0.15, -0.1) is 0 Å². The van der Waals surface area contributed by atoms with Crippen LogP contribution in [0.3, 0.4) is 0 Å². The minimum absolute atomic E-state index is 0.00118. The molecule has 2 aromatic heterocycles. The Labute approximate surface area is 344 Å². The summed E-state index contributed by atoms with van der Waals surface area (Å²) >= 11 is 0. The second-order valence-corrected chi connectivity index (χ2v) is 15.7. The average Bonchev–Trinajstić information content (AvgIpc) is 3.61. The summed E-state index contributed by atoms with van der Waals surface area (Å²) in [5, 5.41) is 20.2. The molecule has 60 heavy (non-hydrogen) atoms. The maximum absolute atomic E-state index is 15.3. The van der Waals surface area contributed by atoms with Crippen LogP contribution in [-0.2, 0) is 65.1 Å². The molecule has 0 spiro atoms. The Bertz CT molecular complexity index is 2500. The van der Waals surface area contributed by atoms with Gasteiger partial charge in [-0.05, 0) is 67.3 Å². The molecule has 2 aromatic carbocycles. The number of hydrogen-bond acceptors (Lipinski definition) is 11. The number of nitrogens with one attached hydrogen (secondary N) is 3. The Kier molecular flexibility index (Phi) is 12.1. The molecule has 0 fully saturated rings. The van der Waals surface area contributed by atoms with Crippen molar-refractivity contribution in [2.45, 2.75) is 90.0 Å². The number of halogens is 1. The summed E-state index contributed by atoms with van der Waals surface area (Å²) in [6, 6.07) is 11.5. The highest BCUT2D eigenvalue weighted by atomic mass is 19.1. The van der Waals surface area contributed by atoms with Crippen molar-refractivity contribution in [2.24, 2.45) is 11.7 Å². The molecule has 314 valence electrons. The lowest BCUT2D eigenvalue weighted by atomic mass is 9.81. The van der Waals surface area contributed by atoms with Gasteiger partial charge in [-0.3, -0.25) is 28.8 Å². The number of nitrogens with two attached hydrogens (primary N) is 1. The van der Waals surface area contributed by atoms with E-state index >= 15 is 4.39 Å². The second kappa shape index (κ2) is 17.2. The zero-order valence-electron chi connectivity index (χ0n) is 33.5. The molecule has 0 bridgehead atoms. The first-order valence-electron chi connectivity index (χ1n) is 20.2. The van der Waals surface area contributed by atoms with Crippen LogP contribution >= 0.6 is 0 Å². The predicted octanol–water partition coefficient (Wildman–Crippen LogP) is 2.38. The summed E-state index contributed by atoms with van der Waals surface area (Å²) in [6.07, 6.45) is 1.15. The fourth-order valence-corrected chi connectivity index (χ4v) is 8.60. The average molecular weight is 823 g/mol. The van der Waals surface area contributed by atoms with E-state index in [1.54, 1.807) is 19.9 Å². The van der Waals surface area contributed by atoms with Gasteiger partial charge in [0.1, 0.15) is 12.4 Å². The number of aryl methyl sites for hydroxylation is 1. The number of nitrogens with zero attached hydrogens (tertiary/aromatic N) is 2. The Balaban J connectivity index is 1.03. The quantitative estimate of drug-likeness (QED) is 0.0908. The summed E-state index contributed by atoms with van der Waals surface area (Å²) in [5.74, 6) is -4.04. The Hall–Kier alpha value is -6.13. The molecule has 3 amide bonds. The Morgan fingerprint density at radius 3 is 2.50 bits per heavy atom. The van der Waals surface area contributed by atoms with Gasteiger partial charge < -0.3 is 36.1 Å². The summed E-state index contributed by atoms with van der Waals surface area (Å²) < 4.78 is 22.0. The standard InChI is InChI=1S/C44H47FN6O9/c1-3-44(59)31-16-35-40-29(21-51(35)42(57)30(31)22-60-43(44)58)39-33(13-12-28-23(2)32(45)17-34(50-40)38(28)39)49-36(54)11-7-10-26(52)19-48-41(56)25(14-24-8-5-4-6-9-24)15-27(53)20-47-37(55)18-46/h4-6,8-9,16-17,25,33,59H,3,7,10-15,18-22,46H2,1-2H3,(H,47,55)(H,48,56)(H,49,54)/t25-,33+,44+/m1/s1. The number of fused-ring (bicyclic) bond motifs is 5. The van der Waals surface area contributed by atoms with Crippen LogP contribution in [0.5, 0.6) is 0 Å². The predicted molar refractivity (Wildman–Crippen MR) is 216 cm³/mol. The van der Waals surface area contributed by atoms with Crippen molar-refractivity contribution in [3.63, 3.8) is 0 Å². The molecule has 0 saturated carbocycles. The number of Topliss-reactive ketones (excluding diaryl/α,β-unsaturated/α-hetero) is 2.